The molecule has 0 saturated carbocycles. The number of ether oxygens (including phenoxy) is 3. The summed E-state index contributed by atoms with van der Waals surface area (Å²) in [5.74, 6) is -0.0432. The minimum Gasteiger partial charge on any atom is -0.488 e. The Morgan fingerprint density at radius 3 is 2.60 bits per heavy atom. The number of amides is 1. The SMILES string of the molecule is CC(C)(C)OC(=O)N1CCC[C@H]1C(=O)OC1CCc2cc3c(cc2C1=O)COc1cc(Cl)ccc1-3. The van der Waals surface area contributed by atoms with Crippen LogP contribution >= 0.6 is 11.6 Å². The Hall–Kier alpha value is -3.06. The van der Waals surface area contributed by atoms with Crippen molar-refractivity contribution in [2.24, 2.45) is 0 Å². The summed E-state index contributed by atoms with van der Waals surface area (Å²) in [7, 11) is 0. The summed E-state index contributed by atoms with van der Waals surface area (Å²) in [6.45, 7) is 6.10. The lowest BCUT2D eigenvalue weighted by atomic mass is 9.83. The molecule has 0 N–H and O–H groups in total. The van der Waals surface area contributed by atoms with Gasteiger partial charge in [-0.2, -0.15) is 0 Å². The Morgan fingerprint density at radius 2 is 1.83 bits per heavy atom. The number of aryl methyl sites for hydroxylation is 1. The third kappa shape index (κ3) is 4.61. The van der Waals surface area contributed by atoms with Crippen molar-refractivity contribution in [3.05, 3.63) is 52.0 Å². The molecule has 0 bridgehead atoms. The van der Waals surface area contributed by atoms with Crippen LogP contribution in [0.3, 0.4) is 0 Å². The van der Waals surface area contributed by atoms with E-state index >= 15 is 0 Å². The number of esters is 1. The van der Waals surface area contributed by atoms with Gasteiger partial charge in [-0.15, -0.1) is 0 Å². The molecule has 2 heterocycles. The summed E-state index contributed by atoms with van der Waals surface area (Å²) in [6.07, 6.45) is 0.772. The molecule has 5 rings (SSSR count). The summed E-state index contributed by atoms with van der Waals surface area (Å²) in [5, 5.41) is 0.609. The van der Waals surface area contributed by atoms with E-state index in [1.165, 1.54) is 4.90 Å². The van der Waals surface area contributed by atoms with Crippen LogP contribution < -0.4 is 4.74 Å². The molecule has 1 saturated heterocycles. The van der Waals surface area contributed by atoms with E-state index in [0.717, 1.165) is 28.0 Å². The number of nitrogens with zero attached hydrogens (tertiary/aromatic N) is 1. The van der Waals surface area contributed by atoms with E-state index in [2.05, 4.69) is 0 Å². The first-order valence-corrected chi connectivity index (χ1v) is 12.3. The Kier molecular flexibility index (Phi) is 5.99. The zero-order valence-electron chi connectivity index (χ0n) is 20.1. The van der Waals surface area contributed by atoms with Crippen LogP contribution in [0.25, 0.3) is 11.1 Å². The molecule has 2 atom stereocenters. The fourth-order valence-corrected chi connectivity index (χ4v) is 5.12. The van der Waals surface area contributed by atoms with Gasteiger partial charge >= 0.3 is 12.1 Å². The van der Waals surface area contributed by atoms with Crippen LogP contribution in [0, 0.1) is 0 Å². The van der Waals surface area contributed by atoms with Crippen LogP contribution in [0.2, 0.25) is 5.02 Å². The maximum Gasteiger partial charge on any atom is 0.411 e. The fourth-order valence-electron chi connectivity index (χ4n) is 4.96. The first-order chi connectivity index (χ1) is 16.6. The lowest BCUT2D eigenvalue weighted by molar-refractivity contribution is -0.152. The van der Waals surface area contributed by atoms with E-state index < -0.39 is 29.8 Å². The smallest absolute Gasteiger partial charge is 0.411 e. The Balaban J connectivity index is 1.33. The fraction of sp³-hybridized carbons (Fsp3) is 0.444. The minimum absolute atomic E-state index is 0.217. The maximum absolute atomic E-state index is 13.3. The van der Waals surface area contributed by atoms with Crippen LogP contribution in [0.4, 0.5) is 4.79 Å². The number of benzene rings is 2. The van der Waals surface area contributed by atoms with Crippen molar-refractivity contribution in [1.82, 2.24) is 4.90 Å². The van der Waals surface area contributed by atoms with E-state index in [1.54, 1.807) is 26.8 Å². The van der Waals surface area contributed by atoms with Gasteiger partial charge in [0.15, 0.2) is 6.10 Å². The number of Topliss-reactive ketones (excluding diaryl/α,β-unsaturated/α-hetero) is 1. The van der Waals surface area contributed by atoms with Crippen molar-refractivity contribution in [1.29, 1.82) is 0 Å². The summed E-state index contributed by atoms with van der Waals surface area (Å²) in [5.41, 5.74) is 3.72. The topological polar surface area (TPSA) is 82.1 Å². The molecule has 2 aliphatic heterocycles. The van der Waals surface area contributed by atoms with Gasteiger partial charge in [0.2, 0.25) is 5.78 Å². The van der Waals surface area contributed by atoms with Crippen LogP contribution in [-0.2, 0) is 27.3 Å². The molecule has 3 aliphatic rings. The quantitative estimate of drug-likeness (QED) is 0.521. The third-order valence-electron chi connectivity index (χ3n) is 6.59. The van der Waals surface area contributed by atoms with Gasteiger partial charge in [-0.1, -0.05) is 11.6 Å². The predicted octanol–water partition coefficient (Wildman–Crippen LogP) is 5.34. The lowest BCUT2D eigenvalue weighted by Crippen LogP contribution is -2.45. The second-order valence-electron chi connectivity index (χ2n) is 10.3. The summed E-state index contributed by atoms with van der Waals surface area (Å²) in [6, 6.07) is 8.70. The Labute approximate surface area is 209 Å². The minimum atomic E-state index is -0.871. The molecule has 1 unspecified atom stereocenters. The molecular weight excluding hydrogens is 470 g/mol. The van der Waals surface area contributed by atoms with Crippen LogP contribution in [0.1, 0.15) is 61.5 Å². The number of fused-ring (bicyclic) bond motifs is 4. The monoisotopic (exact) mass is 497 g/mol. The second kappa shape index (κ2) is 8.86. The summed E-state index contributed by atoms with van der Waals surface area (Å²) >= 11 is 6.10. The predicted molar refractivity (Wildman–Crippen MR) is 130 cm³/mol. The summed E-state index contributed by atoms with van der Waals surface area (Å²) in [4.78, 5) is 40.3. The van der Waals surface area contributed by atoms with Crippen molar-refractivity contribution in [3.8, 4) is 16.9 Å². The third-order valence-corrected chi connectivity index (χ3v) is 6.83. The molecule has 184 valence electrons. The molecule has 1 amide bonds. The number of carbonyl (C=O) groups excluding carboxylic acids is 3. The highest BCUT2D eigenvalue weighted by atomic mass is 35.5. The molecule has 8 heteroatoms. The lowest BCUT2D eigenvalue weighted by Gasteiger charge is -2.30. The van der Waals surface area contributed by atoms with E-state index in [4.69, 9.17) is 25.8 Å². The van der Waals surface area contributed by atoms with Crippen molar-refractivity contribution in [3.63, 3.8) is 0 Å². The number of likely N-dealkylation sites (tertiary alicyclic amines) is 1. The number of halogens is 1. The highest BCUT2D eigenvalue weighted by molar-refractivity contribution is 6.30. The van der Waals surface area contributed by atoms with Crippen LogP contribution in [-0.4, -0.2) is 47.0 Å². The Bertz CT molecular complexity index is 1220. The zero-order chi connectivity index (χ0) is 24.9. The van der Waals surface area contributed by atoms with Crippen LogP contribution in [0.5, 0.6) is 5.75 Å². The molecule has 0 aromatic heterocycles. The molecule has 2 aromatic carbocycles. The average Bonchev–Trinajstić information content (AvgIpc) is 3.29. The van der Waals surface area contributed by atoms with Crippen LogP contribution in [0.15, 0.2) is 30.3 Å². The molecule has 0 spiro atoms. The molecule has 7 nitrogen and oxygen atoms in total. The highest BCUT2D eigenvalue weighted by Crippen LogP contribution is 2.41. The first kappa shape index (κ1) is 23.7. The van der Waals surface area contributed by atoms with E-state index in [1.807, 2.05) is 24.3 Å². The standard InChI is InChI=1S/C27H28ClNO6/c1-27(2,3)35-26(32)29-10-4-5-21(29)25(31)34-22-9-6-15-11-19-16(12-20(15)24(22)30)14-33-23-13-17(28)7-8-18(19)23/h7-8,11-13,21-22H,4-6,9-10,14H2,1-3H3/t21-,22?/m0/s1. The van der Waals surface area contributed by atoms with E-state index in [9.17, 15) is 14.4 Å². The molecule has 0 radical (unpaired) electrons. The molecule has 1 aliphatic carbocycles. The summed E-state index contributed by atoms with van der Waals surface area (Å²) < 4.78 is 17.0. The van der Waals surface area contributed by atoms with Gasteiger partial charge in [0.05, 0.1) is 0 Å². The molecule has 1 fully saturated rings. The largest absolute Gasteiger partial charge is 0.488 e. The number of carbonyl (C=O) groups is 3. The van der Waals surface area contributed by atoms with Gasteiger partial charge in [0.1, 0.15) is 24.0 Å². The van der Waals surface area contributed by atoms with Crippen molar-refractivity contribution in [2.75, 3.05) is 6.54 Å². The van der Waals surface area contributed by atoms with Crippen molar-refractivity contribution >= 4 is 29.4 Å². The number of ketones is 1. The molecule has 35 heavy (non-hydrogen) atoms. The van der Waals surface area contributed by atoms with Crippen molar-refractivity contribution < 1.29 is 28.6 Å². The number of hydrogen-bond acceptors (Lipinski definition) is 6. The maximum atomic E-state index is 13.3. The molecular formula is C27H28ClNO6. The van der Waals surface area contributed by atoms with Gasteiger partial charge in [0.25, 0.3) is 0 Å². The van der Waals surface area contributed by atoms with Crippen molar-refractivity contribution in [2.45, 2.75) is 70.8 Å². The first-order valence-electron chi connectivity index (χ1n) is 11.9. The zero-order valence-corrected chi connectivity index (χ0v) is 20.8. The van der Waals surface area contributed by atoms with Gasteiger partial charge < -0.3 is 14.2 Å². The second-order valence-corrected chi connectivity index (χ2v) is 10.7. The number of rotatable bonds is 2. The normalized spacial score (nSPS) is 20.9. The van der Waals surface area contributed by atoms with Gasteiger partial charge in [-0.25, -0.2) is 9.59 Å². The average molecular weight is 498 g/mol. The molecule has 2 aromatic rings. The highest BCUT2D eigenvalue weighted by Gasteiger charge is 2.40. The number of hydrogen-bond donors (Lipinski definition) is 0. The van der Waals surface area contributed by atoms with E-state index in [-0.39, 0.29) is 5.78 Å². The van der Waals surface area contributed by atoms with E-state index in [0.29, 0.717) is 49.4 Å². The van der Waals surface area contributed by atoms with Gasteiger partial charge in [0, 0.05) is 22.7 Å². The van der Waals surface area contributed by atoms with Gasteiger partial charge in [-0.3, -0.25) is 9.69 Å². The van der Waals surface area contributed by atoms with Gasteiger partial charge in [-0.05, 0) is 93.5 Å². The Morgan fingerprint density at radius 1 is 1.06 bits per heavy atom.